The van der Waals surface area contributed by atoms with Gasteiger partial charge in [0, 0.05) is 5.56 Å². The van der Waals surface area contributed by atoms with Gasteiger partial charge in [0.15, 0.2) is 0 Å². The first-order chi connectivity index (χ1) is 13.4. The fraction of sp³-hybridized carbons (Fsp3) is 0.286. The van der Waals surface area contributed by atoms with Gasteiger partial charge >= 0.3 is 5.97 Å². The highest BCUT2D eigenvalue weighted by atomic mass is 35.5. The molecule has 28 heavy (non-hydrogen) atoms. The molecule has 0 saturated heterocycles. The third-order valence-electron chi connectivity index (χ3n) is 5.90. The van der Waals surface area contributed by atoms with Crippen LogP contribution in [0.25, 0.3) is 17.7 Å². The molecule has 2 atom stereocenters. The smallest absolute Gasteiger partial charge is 0.315 e. The second kappa shape index (κ2) is 6.06. The minimum absolute atomic E-state index is 0.114. The monoisotopic (exact) mass is 414 g/mol. The topological polar surface area (TPSA) is 72.2 Å². The van der Waals surface area contributed by atoms with Gasteiger partial charge in [0.05, 0.1) is 21.8 Å². The van der Waals surface area contributed by atoms with Crippen molar-refractivity contribution in [3.05, 3.63) is 67.3 Å². The summed E-state index contributed by atoms with van der Waals surface area (Å²) in [6, 6.07) is 5.09. The highest BCUT2D eigenvalue weighted by molar-refractivity contribution is 6.42. The van der Waals surface area contributed by atoms with Gasteiger partial charge in [0.2, 0.25) is 0 Å². The number of fused-ring (bicyclic) bond motifs is 4. The van der Waals surface area contributed by atoms with Crippen LogP contribution in [0.2, 0.25) is 10.0 Å². The van der Waals surface area contributed by atoms with Crippen molar-refractivity contribution in [2.45, 2.75) is 31.7 Å². The third-order valence-corrected chi connectivity index (χ3v) is 6.64. The fourth-order valence-electron chi connectivity index (χ4n) is 4.30. The molecule has 1 aromatic carbocycles. The zero-order chi connectivity index (χ0) is 19.6. The maximum absolute atomic E-state index is 13.2. The number of nitrogens with zero attached hydrogens (tertiary/aromatic N) is 2. The number of allylic oxidation sites excluding steroid dienone is 1. The largest absolute Gasteiger partial charge is 0.481 e. The standard InChI is InChI=1S/C21H16Cl2N2O3/c22-14-5-4-11(9-15(14)23)8-12-2-1-3-13-18(12)24-17-6-7-21(20(27)28)10-16(21)25(17)19(13)26/h4-9,16H,1-3,10H2,(H,27,28). The predicted molar refractivity (Wildman–Crippen MR) is 109 cm³/mol. The first-order valence-electron chi connectivity index (χ1n) is 9.15. The summed E-state index contributed by atoms with van der Waals surface area (Å²) in [5.41, 5.74) is 2.21. The van der Waals surface area contributed by atoms with Crippen molar-refractivity contribution in [1.82, 2.24) is 9.55 Å². The minimum Gasteiger partial charge on any atom is -0.481 e. The van der Waals surface area contributed by atoms with Crippen LogP contribution >= 0.6 is 23.2 Å². The van der Waals surface area contributed by atoms with E-state index in [1.54, 1.807) is 28.9 Å². The zero-order valence-corrected chi connectivity index (χ0v) is 16.3. The highest BCUT2D eigenvalue weighted by Crippen LogP contribution is 2.59. The number of aromatic nitrogens is 2. The quantitative estimate of drug-likeness (QED) is 0.786. The Labute approximate surface area is 170 Å². The number of carbonyl (C=O) groups is 1. The summed E-state index contributed by atoms with van der Waals surface area (Å²) >= 11 is 12.1. The molecule has 142 valence electrons. The van der Waals surface area contributed by atoms with Gasteiger partial charge in [-0.3, -0.25) is 14.2 Å². The van der Waals surface area contributed by atoms with Gasteiger partial charge in [-0.2, -0.15) is 0 Å². The summed E-state index contributed by atoms with van der Waals surface area (Å²) in [5.74, 6) is -0.353. The van der Waals surface area contributed by atoms with E-state index < -0.39 is 11.4 Å². The van der Waals surface area contributed by atoms with E-state index in [2.05, 4.69) is 0 Å². The van der Waals surface area contributed by atoms with Gasteiger partial charge < -0.3 is 5.11 Å². The van der Waals surface area contributed by atoms with E-state index in [1.165, 1.54) is 0 Å². The van der Waals surface area contributed by atoms with Crippen LogP contribution < -0.4 is 5.56 Å². The van der Waals surface area contributed by atoms with Gasteiger partial charge in [0.25, 0.3) is 5.56 Å². The van der Waals surface area contributed by atoms with E-state index >= 15 is 0 Å². The summed E-state index contributed by atoms with van der Waals surface area (Å²) < 4.78 is 1.58. The lowest BCUT2D eigenvalue weighted by Crippen LogP contribution is -2.33. The van der Waals surface area contributed by atoms with Crippen molar-refractivity contribution in [2.75, 3.05) is 0 Å². The number of rotatable bonds is 2. The van der Waals surface area contributed by atoms with E-state index in [1.807, 2.05) is 12.1 Å². The molecule has 2 aliphatic carbocycles. The van der Waals surface area contributed by atoms with Gasteiger partial charge in [-0.25, -0.2) is 4.98 Å². The lowest BCUT2D eigenvalue weighted by atomic mass is 9.90. The minimum atomic E-state index is -0.944. The normalized spacial score (nSPS) is 25.8. The van der Waals surface area contributed by atoms with E-state index in [0.717, 1.165) is 24.0 Å². The molecule has 7 heteroatoms. The molecule has 2 heterocycles. The molecule has 5 nitrogen and oxygen atoms in total. The van der Waals surface area contributed by atoms with Gasteiger partial charge in [-0.15, -0.1) is 0 Å². The molecule has 1 aromatic heterocycles. The lowest BCUT2D eigenvalue weighted by Gasteiger charge is -2.23. The van der Waals surface area contributed by atoms with Crippen molar-refractivity contribution >= 4 is 46.9 Å². The first-order valence-corrected chi connectivity index (χ1v) is 9.90. The average Bonchev–Trinajstić information content (AvgIpc) is 3.42. The van der Waals surface area contributed by atoms with Crippen molar-refractivity contribution in [3.8, 4) is 0 Å². The predicted octanol–water partition coefficient (Wildman–Crippen LogP) is 4.47. The van der Waals surface area contributed by atoms with Crippen molar-refractivity contribution < 1.29 is 9.90 Å². The van der Waals surface area contributed by atoms with Crippen LogP contribution in [0.1, 0.15) is 47.9 Å². The molecule has 2 aromatic rings. The van der Waals surface area contributed by atoms with Crippen LogP contribution in [0.4, 0.5) is 0 Å². The van der Waals surface area contributed by atoms with Crippen LogP contribution in [0.3, 0.4) is 0 Å². The molecule has 1 saturated carbocycles. The molecule has 0 amide bonds. The van der Waals surface area contributed by atoms with Crippen LogP contribution in [0.15, 0.2) is 29.1 Å². The van der Waals surface area contributed by atoms with Crippen LogP contribution in [-0.2, 0) is 11.2 Å². The molecule has 5 rings (SSSR count). The summed E-state index contributed by atoms with van der Waals surface area (Å²) in [5, 5.41) is 10.5. The number of hydrogen-bond donors (Lipinski definition) is 1. The Morgan fingerprint density at radius 1 is 1.29 bits per heavy atom. The Kier molecular flexibility index (Phi) is 3.83. The molecular weight excluding hydrogens is 399 g/mol. The Morgan fingerprint density at radius 2 is 2.11 bits per heavy atom. The molecule has 1 N–H and O–H groups in total. The molecule has 0 radical (unpaired) electrons. The Bertz CT molecular complexity index is 1160. The van der Waals surface area contributed by atoms with Crippen molar-refractivity contribution in [2.24, 2.45) is 5.41 Å². The number of carboxylic acid groups (broad SMARTS) is 1. The number of hydrogen-bond acceptors (Lipinski definition) is 3. The molecule has 0 bridgehead atoms. The number of carboxylic acids is 1. The molecule has 0 spiro atoms. The van der Waals surface area contributed by atoms with Crippen LogP contribution in [-0.4, -0.2) is 20.6 Å². The fourth-order valence-corrected chi connectivity index (χ4v) is 4.61. The molecular formula is C21H16Cl2N2O3. The van der Waals surface area contributed by atoms with Crippen molar-refractivity contribution in [3.63, 3.8) is 0 Å². The zero-order valence-electron chi connectivity index (χ0n) is 14.8. The van der Waals surface area contributed by atoms with Gasteiger partial charge in [-0.1, -0.05) is 35.3 Å². The van der Waals surface area contributed by atoms with Crippen molar-refractivity contribution in [1.29, 1.82) is 0 Å². The molecule has 3 aliphatic rings. The van der Waals surface area contributed by atoms with Gasteiger partial charge in [-0.05, 0) is 61.1 Å². The Balaban J connectivity index is 1.63. The number of halogens is 2. The maximum Gasteiger partial charge on any atom is 0.315 e. The average molecular weight is 415 g/mol. The molecule has 2 unspecified atom stereocenters. The van der Waals surface area contributed by atoms with E-state index in [-0.39, 0.29) is 11.6 Å². The summed E-state index contributed by atoms with van der Waals surface area (Å²) in [4.78, 5) is 29.6. The SMILES string of the molecule is O=C(O)C12C=Cc3nc4c(c(=O)n3C1C2)CCCC4=Cc1ccc(Cl)c(Cl)c1. The maximum atomic E-state index is 13.2. The summed E-state index contributed by atoms with van der Waals surface area (Å²) in [6.45, 7) is 0. The second-order valence-electron chi connectivity index (χ2n) is 7.57. The first kappa shape index (κ1) is 17.7. The Morgan fingerprint density at radius 3 is 2.86 bits per heavy atom. The summed E-state index contributed by atoms with van der Waals surface area (Å²) in [6.07, 6.45) is 8.10. The van der Waals surface area contributed by atoms with E-state index in [9.17, 15) is 14.7 Å². The molecule has 1 aliphatic heterocycles. The summed E-state index contributed by atoms with van der Waals surface area (Å²) in [7, 11) is 0. The highest BCUT2D eigenvalue weighted by Gasteiger charge is 2.62. The second-order valence-corrected chi connectivity index (χ2v) is 8.38. The lowest BCUT2D eigenvalue weighted by molar-refractivity contribution is -0.141. The Hall–Kier alpha value is -2.37. The molecule has 1 fully saturated rings. The third kappa shape index (κ3) is 2.50. The number of benzene rings is 1. The van der Waals surface area contributed by atoms with Crippen LogP contribution in [0, 0.1) is 5.41 Å². The van der Waals surface area contributed by atoms with Gasteiger partial charge in [0.1, 0.15) is 11.2 Å². The van der Waals surface area contributed by atoms with E-state index in [0.29, 0.717) is 40.0 Å². The van der Waals surface area contributed by atoms with E-state index in [4.69, 9.17) is 28.2 Å². The van der Waals surface area contributed by atoms with Crippen LogP contribution in [0.5, 0.6) is 0 Å². The number of aliphatic carboxylic acids is 1.